The molecule has 1 aliphatic heterocycles. The van der Waals surface area contributed by atoms with Crippen LogP contribution in [0.5, 0.6) is 0 Å². The van der Waals surface area contributed by atoms with Crippen molar-refractivity contribution in [3.05, 3.63) is 33.0 Å². The van der Waals surface area contributed by atoms with Gasteiger partial charge in [-0.15, -0.1) is 0 Å². The van der Waals surface area contributed by atoms with Crippen LogP contribution >= 0.6 is 11.6 Å². The lowest BCUT2D eigenvalue weighted by molar-refractivity contribution is 0.192. The molecule has 138 valence electrons. The van der Waals surface area contributed by atoms with E-state index in [1.165, 1.54) is 0 Å². The van der Waals surface area contributed by atoms with Crippen LogP contribution in [0.2, 0.25) is 5.15 Å². The Morgan fingerprint density at radius 2 is 2.20 bits per heavy atom. The van der Waals surface area contributed by atoms with Crippen molar-refractivity contribution in [1.82, 2.24) is 29.6 Å². The van der Waals surface area contributed by atoms with Crippen molar-refractivity contribution in [2.75, 3.05) is 13.1 Å². The summed E-state index contributed by atoms with van der Waals surface area (Å²) in [5, 5.41) is 7.43. The summed E-state index contributed by atoms with van der Waals surface area (Å²) in [6, 6.07) is 0. The fourth-order valence-corrected chi connectivity index (χ4v) is 3.80. The van der Waals surface area contributed by atoms with Crippen LogP contribution in [-0.2, 0) is 19.5 Å². The van der Waals surface area contributed by atoms with Gasteiger partial charge in [0.2, 0.25) is 0 Å². The Hall–Kier alpha value is -1.60. The van der Waals surface area contributed by atoms with Crippen LogP contribution in [0, 0.1) is 0 Å². The Morgan fingerprint density at radius 1 is 1.36 bits per heavy atom. The van der Waals surface area contributed by atoms with Crippen LogP contribution in [0.4, 0.5) is 0 Å². The van der Waals surface area contributed by atoms with E-state index in [2.05, 4.69) is 32.0 Å². The van der Waals surface area contributed by atoms with Gasteiger partial charge in [0.25, 0.3) is 0 Å². The van der Waals surface area contributed by atoms with E-state index in [1.54, 1.807) is 4.57 Å². The van der Waals surface area contributed by atoms with Gasteiger partial charge in [-0.1, -0.05) is 24.9 Å². The third-order valence-electron chi connectivity index (χ3n) is 4.90. The second-order valence-electron chi connectivity index (χ2n) is 6.76. The van der Waals surface area contributed by atoms with Crippen LogP contribution in [0.1, 0.15) is 62.8 Å². The number of aryl methyl sites for hydroxylation is 1. The molecule has 3 heterocycles. The molecular formula is C17H27ClN6O. The highest BCUT2D eigenvalue weighted by atomic mass is 35.5. The number of unbranched alkanes of at least 4 members (excludes halogenated alkanes) is 1. The number of halogens is 1. The summed E-state index contributed by atoms with van der Waals surface area (Å²) >= 11 is 6.32. The Bertz CT molecular complexity index is 749. The van der Waals surface area contributed by atoms with Crippen molar-refractivity contribution in [1.29, 1.82) is 0 Å². The number of likely N-dealkylation sites (tertiary alicyclic amines) is 1. The normalized spacial score (nSPS) is 18.8. The molecule has 0 spiro atoms. The zero-order chi connectivity index (χ0) is 17.8. The second-order valence-corrected chi connectivity index (χ2v) is 7.12. The average Bonchev–Trinajstić information content (AvgIpc) is 3.15. The second kappa shape index (κ2) is 8.19. The minimum atomic E-state index is -0.119. The van der Waals surface area contributed by atoms with Gasteiger partial charge in [-0.25, -0.2) is 14.9 Å². The molecular weight excluding hydrogens is 340 g/mol. The first-order chi connectivity index (χ1) is 12.1. The maximum absolute atomic E-state index is 11.8. The summed E-state index contributed by atoms with van der Waals surface area (Å²) in [7, 11) is 0. The number of imidazole rings is 1. The van der Waals surface area contributed by atoms with E-state index in [0.29, 0.717) is 11.7 Å². The molecule has 2 aromatic heterocycles. The van der Waals surface area contributed by atoms with Crippen LogP contribution in [0.25, 0.3) is 0 Å². The standard InChI is InChI=1S/C17H27ClN6O/c1-3-5-8-14-19-13(15(18)20-14)11-23-9-6-7-12(10-23)16-21-22-17(25)24(16)4-2/h12H,3-11H2,1-2H3,(H,19,20)(H,22,25)/t12-/m1/s1. The summed E-state index contributed by atoms with van der Waals surface area (Å²) in [5.41, 5.74) is 0.870. The van der Waals surface area contributed by atoms with E-state index < -0.39 is 0 Å². The van der Waals surface area contributed by atoms with Gasteiger partial charge in [0.1, 0.15) is 11.6 Å². The van der Waals surface area contributed by atoms with Crippen molar-refractivity contribution >= 4 is 11.6 Å². The summed E-state index contributed by atoms with van der Waals surface area (Å²) in [4.78, 5) is 22.0. The highest BCUT2D eigenvalue weighted by molar-refractivity contribution is 6.30. The number of rotatable bonds is 7. The minimum Gasteiger partial charge on any atom is -0.344 e. The van der Waals surface area contributed by atoms with E-state index in [1.807, 2.05) is 6.92 Å². The third-order valence-corrected chi connectivity index (χ3v) is 5.21. The van der Waals surface area contributed by atoms with Gasteiger partial charge >= 0.3 is 5.69 Å². The Labute approximate surface area is 152 Å². The first-order valence-electron chi connectivity index (χ1n) is 9.23. The van der Waals surface area contributed by atoms with Crippen molar-refractivity contribution in [3.63, 3.8) is 0 Å². The molecule has 0 amide bonds. The largest absolute Gasteiger partial charge is 0.344 e. The Balaban J connectivity index is 1.67. The predicted molar refractivity (Wildman–Crippen MR) is 98.0 cm³/mol. The van der Waals surface area contributed by atoms with Gasteiger partial charge in [-0.05, 0) is 32.7 Å². The van der Waals surface area contributed by atoms with E-state index in [9.17, 15) is 4.79 Å². The van der Waals surface area contributed by atoms with Crippen LogP contribution in [0.15, 0.2) is 4.79 Å². The highest BCUT2D eigenvalue weighted by Gasteiger charge is 2.26. The molecule has 1 aliphatic rings. The predicted octanol–water partition coefficient (Wildman–Crippen LogP) is 2.69. The van der Waals surface area contributed by atoms with Crippen molar-refractivity contribution < 1.29 is 0 Å². The SMILES string of the molecule is CCCCc1nc(Cl)c(CN2CCC[C@@H](c3n[nH]c(=O)n3CC)C2)[nH]1. The van der Waals surface area contributed by atoms with Gasteiger partial charge in [0, 0.05) is 32.0 Å². The lowest BCUT2D eigenvalue weighted by Gasteiger charge is -2.31. The molecule has 0 saturated carbocycles. The maximum Gasteiger partial charge on any atom is 0.343 e. The molecule has 7 nitrogen and oxygen atoms in total. The molecule has 0 bridgehead atoms. The van der Waals surface area contributed by atoms with Crippen molar-refractivity contribution in [2.45, 2.75) is 65.0 Å². The molecule has 0 aromatic carbocycles. The summed E-state index contributed by atoms with van der Waals surface area (Å²) in [5.74, 6) is 2.12. The molecule has 25 heavy (non-hydrogen) atoms. The minimum absolute atomic E-state index is 0.119. The smallest absolute Gasteiger partial charge is 0.343 e. The highest BCUT2D eigenvalue weighted by Crippen LogP contribution is 2.27. The van der Waals surface area contributed by atoms with Crippen LogP contribution in [0.3, 0.4) is 0 Å². The number of aromatic nitrogens is 5. The molecule has 0 radical (unpaired) electrons. The van der Waals surface area contributed by atoms with E-state index in [0.717, 1.165) is 69.1 Å². The van der Waals surface area contributed by atoms with Crippen LogP contribution in [-0.4, -0.2) is 42.7 Å². The Kier molecular flexibility index (Phi) is 5.96. The molecule has 0 unspecified atom stereocenters. The quantitative estimate of drug-likeness (QED) is 0.789. The molecule has 3 rings (SSSR count). The van der Waals surface area contributed by atoms with Crippen molar-refractivity contribution in [2.24, 2.45) is 0 Å². The van der Waals surface area contributed by atoms with Gasteiger partial charge < -0.3 is 4.98 Å². The van der Waals surface area contributed by atoms with Gasteiger partial charge in [-0.2, -0.15) is 5.10 Å². The van der Waals surface area contributed by atoms with Gasteiger partial charge in [-0.3, -0.25) is 9.47 Å². The summed E-state index contributed by atoms with van der Waals surface area (Å²) in [6.45, 7) is 7.46. The first-order valence-corrected chi connectivity index (χ1v) is 9.60. The molecule has 0 aliphatic carbocycles. The number of nitrogens with one attached hydrogen (secondary N) is 2. The lowest BCUT2D eigenvalue weighted by Crippen LogP contribution is -2.35. The van der Waals surface area contributed by atoms with E-state index >= 15 is 0 Å². The number of aromatic amines is 2. The maximum atomic E-state index is 11.8. The summed E-state index contributed by atoms with van der Waals surface area (Å²) < 4.78 is 1.74. The van der Waals surface area contributed by atoms with Crippen molar-refractivity contribution in [3.8, 4) is 0 Å². The molecule has 2 aromatic rings. The van der Waals surface area contributed by atoms with Crippen LogP contribution < -0.4 is 5.69 Å². The number of nitrogens with zero attached hydrogens (tertiary/aromatic N) is 4. The summed E-state index contributed by atoms with van der Waals surface area (Å²) in [6.07, 6.45) is 5.34. The zero-order valence-electron chi connectivity index (χ0n) is 15.0. The number of hydrogen-bond acceptors (Lipinski definition) is 4. The number of piperidine rings is 1. The molecule has 1 fully saturated rings. The number of H-pyrrole nitrogens is 2. The van der Waals surface area contributed by atoms with Gasteiger partial charge in [0.15, 0.2) is 5.15 Å². The fraction of sp³-hybridized carbons (Fsp3) is 0.706. The lowest BCUT2D eigenvalue weighted by atomic mass is 9.97. The molecule has 8 heteroatoms. The van der Waals surface area contributed by atoms with Gasteiger partial charge in [0.05, 0.1) is 5.69 Å². The van der Waals surface area contributed by atoms with E-state index in [4.69, 9.17) is 11.6 Å². The topological polar surface area (TPSA) is 82.6 Å². The monoisotopic (exact) mass is 366 g/mol. The third kappa shape index (κ3) is 4.15. The first kappa shape index (κ1) is 18.2. The Morgan fingerprint density at radius 3 is 2.96 bits per heavy atom. The molecule has 1 atom stereocenters. The molecule has 2 N–H and O–H groups in total. The molecule has 1 saturated heterocycles. The zero-order valence-corrected chi connectivity index (χ0v) is 15.8. The fourth-order valence-electron chi connectivity index (χ4n) is 3.59. The average molecular weight is 367 g/mol. The van der Waals surface area contributed by atoms with E-state index in [-0.39, 0.29) is 11.6 Å². The number of hydrogen-bond donors (Lipinski definition) is 2.